The summed E-state index contributed by atoms with van der Waals surface area (Å²) in [7, 11) is 0. The Hall–Kier alpha value is -8.41. The maximum atomic E-state index is 5.20. The molecule has 0 saturated heterocycles. The van der Waals surface area contributed by atoms with Crippen LogP contribution >= 0.6 is 0 Å². The van der Waals surface area contributed by atoms with Crippen molar-refractivity contribution in [3.05, 3.63) is 212 Å². The fourth-order valence-corrected chi connectivity index (χ4v) is 9.79. The van der Waals surface area contributed by atoms with E-state index < -0.39 is 0 Å². The van der Waals surface area contributed by atoms with Crippen LogP contribution in [-0.4, -0.2) is 24.1 Å². The Morgan fingerprint density at radius 2 is 0.694 bits per heavy atom. The molecule has 0 unspecified atom stereocenters. The van der Waals surface area contributed by atoms with Gasteiger partial charge in [-0.2, -0.15) is 9.97 Å². The SMILES string of the molecule is c1ccc(-c2nc(-c3ccccc3)nc(-n3c4ccccc4c4cc5c(cc43)c3ccccc3n5-c3ccccc3-c3ccc4c5ccccc5c5ccccc5c4c3)n2)cc1. The average Bonchev–Trinajstić information content (AvgIpc) is 3.85. The summed E-state index contributed by atoms with van der Waals surface area (Å²) in [5.74, 6) is 1.84. The third kappa shape index (κ3) is 5.18. The lowest BCUT2D eigenvalue weighted by atomic mass is 9.92. The molecule has 3 aromatic heterocycles. The molecule has 13 rings (SSSR count). The van der Waals surface area contributed by atoms with Crippen LogP contribution in [0.5, 0.6) is 0 Å². The molecule has 0 bridgehead atoms. The molecular weight excluding hydrogens is 755 g/mol. The van der Waals surface area contributed by atoms with Crippen LogP contribution in [0.15, 0.2) is 212 Å². The van der Waals surface area contributed by atoms with Crippen molar-refractivity contribution in [2.24, 2.45) is 0 Å². The second-order valence-corrected chi connectivity index (χ2v) is 16.0. The quantitative estimate of drug-likeness (QED) is 0.163. The lowest BCUT2D eigenvalue weighted by Crippen LogP contribution is -2.06. The zero-order valence-corrected chi connectivity index (χ0v) is 33.4. The van der Waals surface area contributed by atoms with Crippen LogP contribution in [0.25, 0.3) is 121 Å². The highest BCUT2D eigenvalue weighted by atomic mass is 15.2. The Labute approximate surface area is 356 Å². The number of aromatic nitrogens is 5. The van der Waals surface area contributed by atoms with E-state index in [0.29, 0.717) is 17.6 Å². The molecule has 0 fully saturated rings. The van der Waals surface area contributed by atoms with Crippen molar-refractivity contribution >= 4 is 75.9 Å². The van der Waals surface area contributed by atoms with E-state index in [1.165, 1.54) is 48.8 Å². The average molecular weight is 790 g/mol. The lowest BCUT2D eigenvalue weighted by Gasteiger charge is -2.16. The highest BCUT2D eigenvalue weighted by molar-refractivity contribution is 6.26. The molecule has 0 saturated carbocycles. The fraction of sp³-hybridized carbons (Fsp3) is 0. The van der Waals surface area contributed by atoms with Crippen molar-refractivity contribution in [1.82, 2.24) is 24.1 Å². The predicted octanol–water partition coefficient (Wildman–Crippen LogP) is 14.5. The molecule has 0 atom stereocenters. The highest BCUT2D eigenvalue weighted by Crippen LogP contribution is 2.43. The number of hydrogen-bond acceptors (Lipinski definition) is 3. The summed E-state index contributed by atoms with van der Waals surface area (Å²) < 4.78 is 4.67. The van der Waals surface area contributed by atoms with E-state index >= 15 is 0 Å². The van der Waals surface area contributed by atoms with Gasteiger partial charge in [0.2, 0.25) is 5.95 Å². The normalized spacial score (nSPS) is 11.9. The van der Waals surface area contributed by atoms with Gasteiger partial charge in [-0.3, -0.25) is 4.57 Å². The molecule has 5 nitrogen and oxygen atoms in total. The first-order chi connectivity index (χ1) is 30.8. The molecule has 288 valence electrons. The number of benzene rings is 10. The number of hydrogen-bond donors (Lipinski definition) is 0. The Bertz CT molecular complexity index is 3830. The molecule has 0 radical (unpaired) electrons. The summed E-state index contributed by atoms with van der Waals surface area (Å²) in [6.45, 7) is 0. The predicted molar refractivity (Wildman–Crippen MR) is 257 cm³/mol. The molecule has 0 aliphatic heterocycles. The van der Waals surface area contributed by atoms with Crippen LogP contribution in [-0.2, 0) is 0 Å². The van der Waals surface area contributed by atoms with Crippen molar-refractivity contribution in [1.29, 1.82) is 0 Å². The van der Waals surface area contributed by atoms with E-state index in [4.69, 9.17) is 15.0 Å². The fourth-order valence-electron chi connectivity index (χ4n) is 9.79. The van der Waals surface area contributed by atoms with Gasteiger partial charge in [0, 0.05) is 38.2 Å². The standard InChI is InChI=1S/C57H35N5/c1-3-17-36(18-4-1)55-58-56(37-19-5-2-6-20-37)60-57(59-55)62-52-30-16-13-27-46(52)49-34-53-48(35-54(49)62)45-26-12-15-29-51(45)61(53)50-28-14-11-21-39(50)38-31-32-44-42-24-8-7-22-40(42)41-23-9-10-25-43(41)47(44)33-38/h1-35H. The number of fused-ring (bicyclic) bond motifs is 12. The van der Waals surface area contributed by atoms with Crippen LogP contribution in [0.4, 0.5) is 0 Å². The molecule has 3 heterocycles. The van der Waals surface area contributed by atoms with Crippen molar-refractivity contribution in [3.63, 3.8) is 0 Å². The Balaban J connectivity index is 1.07. The molecular formula is C57H35N5. The Morgan fingerprint density at radius 1 is 0.258 bits per heavy atom. The number of nitrogens with zero attached hydrogens (tertiary/aromatic N) is 5. The monoisotopic (exact) mass is 789 g/mol. The molecule has 0 aliphatic carbocycles. The highest BCUT2D eigenvalue weighted by Gasteiger charge is 2.22. The summed E-state index contributed by atoms with van der Waals surface area (Å²) >= 11 is 0. The minimum atomic E-state index is 0.578. The summed E-state index contributed by atoms with van der Waals surface area (Å²) in [6.07, 6.45) is 0. The smallest absolute Gasteiger partial charge is 0.238 e. The van der Waals surface area contributed by atoms with Crippen LogP contribution < -0.4 is 0 Å². The van der Waals surface area contributed by atoms with Gasteiger partial charge in [-0.05, 0) is 74.3 Å². The van der Waals surface area contributed by atoms with Gasteiger partial charge in [0.05, 0.1) is 27.8 Å². The minimum Gasteiger partial charge on any atom is -0.309 e. The van der Waals surface area contributed by atoms with E-state index in [1.807, 2.05) is 36.4 Å². The third-order valence-electron chi connectivity index (χ3n) is 12.6. The zero-order valence-electron chi connectivity index (χ0n) is 33.4. The van der Waals surface area contributed by atoms with Gasteiger partial charge in [-0.1, -0.05) is 176 Å². The van der Waals surface area contributed by atoms with Crippen LogP contribution in [0.2, 0.25) is 0 Å². The van der Waals surface area contributed by atoms with E-state index in [0.717, 1.165) is 55.0 Å². The van der Waals surface area contributed by atoms with E-state index in [1.54, 1.807) is 0 Å². The molecule has 5 heteroatoms. The maximum absolute atomic E-state index is 5.20. The van der Waals surface area contributed by atoms with E-state index in [9.17, 15) is 0 Å². The van der Waals surface area contributed by atoms with Crippen molar-refractivity contribution < 1.29 is 0 Å². The molecule has 10 aromatic carbocycles. The second kappa shape index (κ2) is 13.6. The molecule has 0 aliphatic rings. The summed E-state index contributed by atoms with van der Waals surface area (Å²) in [4.78, 5) is 15.4. The van der Waals surface area contributed by atoms with Crippen molar-refractivity contribution in [3.8, 4) is 45.5 Å². The van der Waals surface area contributed by atoms with E-state index in [-0.39, 0.29) is 0 Å². The van der Waals surface area contributed by atoms with Gasteiger partial charge < -0.3 is 4.57 Å². The lowest BCUT2D eigenvalue weighted by molar-refractivity contribution is 0.954. The topological polar surface area (TPSA) is 48.5 Å². The van der Waals surface area contributed by atoms with Gasteiger partial charge in [0.15, 0.2) is 11.6 Å². The molecule has 0 N–H and O–H groups in total. The first-order valence-electron chi connectivity index (χ1n) is 21.0. The van der Waals surface area contributed by atoms with Crippen LogP contribution in [0, 0.1) is 0 Å². The Kier molecular flexibility index (Phi) is 7.54. The van der Waals surface area contributed by atoms with Crippen molar-refractivity contribution in [2.75, 3.05) is 0 Å². The van der Waals surface area contributed by atoms with Crippen LogP contribution in [0.1, 0.15) is 0 Å². The van der Waals surface area contributed by atoms with Crippen LogP contribution in [0.3, 0.4) is 0 Å². The Morgan fingerprint density at radius 3 is 1.27 bits per heavy atom. The van der Waals surface area contributed by atoms with Gasteiger partial charge in [-0.15, -0.1) is 0 Å². The largest absolute Gasteiger partial charge is 0.309 e. The number of para-hydroxylation sites is 3. The first-order valence-corrected chi connectivity index (χ1v) is 21.0. The first kappa shape index (κ1) is 34.5. The van der Waals surface area contributed by atoms with E-state index in [2.05, 4.69) is 185 Å². The third-order valence-corrected chi connectivity index (χ3v) is 12.6. The van der Waals surface area contributed by atoms with Gasteiger partial charge >= 0.3 is 0 Å². The molecule has 0 amide bonds. The summed E-state index contributed by atoms with van der Waals surface area (Å²) in [6, 6.07) is 75.8. The maximum Gasteiger partial charge on any atom is 0.238 e. The molecule has 62 heavy (non-hydrogen) atoms. The molecule has 13 aromatic rings. The van der Waals surface area contributed by atoms with Gasteiger partial charge in [0.1, 0.15) is 0 Å². The zero-order chi connectivity index (χ0) is 40.7. The van der Waals surface area contributed by atoms with Gasteiger partial charge in [-0.25, -0.2) is 4.98 Å². The van der Waals surface area contributed by atoms with Crippen molar-refractivity contribution in [2.45, 2.75) is 0 Å². The van der Waals surface area contributed by atoms with Gasteiger partial charge in [0.25, 0.3) is 0 Å². The summed E-state index contributed by atoms with van der Waals surface area (Å²) in [5, 5.41) is 12.2. The second-order valence-electron chi connectivity index (χ2n) is 16.0. The summed E-state index contributed by atoms with van der Waals surface area (Å²) in [5.41, 5.74) is 9.70. The molecule has 0 spiro atoms. The number of rotatable bonds is 5. The minimum absolute atomic E-state index is 0.578.